The monoisotopic (exact) mass is 271 g/mol. The van der Waals surface area contributed by atoms with Crippen molar-refractivity contribution in [2.75, 3.05) is 11.1 Å². The molecule has 1 aromatic carbocycles. The summed E-state index contributed by atoms with van der Waals surface area (Å²) in [6, 6.07) is 9.57. The molecule has 0 fully saturated rings. The normalized spacial score (nSPS) is 10.5. The number of nitrogens with zero attached hydrogens (tertiary/aromatic N) is 1. The lowest BCUT2D eigenvalue weighted by Gasteiger charge is -2.11. The van der Waals surface area contributed by atoms with Crippen LogP contribution in [0, 0.1) is 0 Å². The molecular formula is C16H21N3O. The van der Waals surface area contributed by atoms with Crippen molar-refractivity contribution in [2.45, 2.75) is 33.2 Å². The van der Waals surface area contributed by atoms with Crippen LogP contribution in [0.2, 0.25) is 0 Å². The Balaban J connectivity index is 2.24. The Hall–Kier alpha value is -2.23. The van der Waals surface area contributed by atoms with Crippen LogP contribution in [0.4, 0.5) is 11.4 Å². The van der Waals surface area contributed by atoms with Gasteiger partial charge in [-0.05, 0) is 30.5 Å². The average molecular weight is 271 g/mol. The molecule has 1 amide bonds. The van der Waals surface area contributed by atoms with Crippen molar-refractivity contribution in [1.82, 2.24) is 4.57 Å². The summed E-state index contributed by atoms with van der Waals surface area (Å²) in [4.78, 5) is 12.4. The van der Waals surface area contributed by atoms with Gasteiger partial charge in [-0.2, -0.15) is 0 Å². The summed E-state index contributed by atoms with van der Waals surface area (Å²) in [5.41, 5.74) is 9.01. The number of nitrogens with one attached hydrogen (secondary N) is 1. The highest BCUT2D eigenvalue weighted by molar-refractivity contribution is 6.04. The third-order valence-electron chi connectivity index (χ3n) is 3.26. The number of carbonyl (C=O) groups excluding carboxylic acids is 1. The zero-order valence-electron chi connectivity index (χ0n) is 12.0. The number of nitrogen functional groups attached to an aromatic ring is 1. The summed E-state index contributed by atoms with van der Waals surface area (Å²) < 4.78 is 1.90. The smallest absolute Gasteiger partial charge is 0.272 e. The van der Waals surface area contributed by atoms with Crippen molar-refractivity contribution in [3.05, 3.63) is 47.8 Å². The van der Waals surface area contributed by atoms with Crippen LogP contribution in [0.3, 0.4) is 0 Å². The van der Waals surface area contributed by atoms with Crippen molar-refractivity contribution >= 4 is 17.3 Å². The van der Waals surface area contributed by atoms with Gasteiger partial charge in [-0.1, -0.05) is 32.0 Å². The number of benzene rings is 1. The molecule has 2 aromatic rings. The van der Waals surface area contributed by atoms with Gasteiger partial charge in [-0.25, -0.2) is 0 Å². The fraction of sp³-hybridized carbons (Fsp3) is 0.312. The maximum atomic E-state index is 12.4. The number of anilines is 2. The molecular weight excluding hydrogens is 250 g/mol. The first kappa shape index (κ1) is 14.2. The van der Waals surface area contributed by atoms with Gasteiger partial charge in [0.05, 0.1) is 5.69 Å². The van der Waals surface area contributed by atoms with E-state index >= 15 is 0 Å². The van der Waals surface area contributed by atoms with Gasteiger partial charge < -0.3 is 15.6 Å². The summed E-state index contributed by atoms with van der Waals surface area (Å²) >= 11 is 0. The van der Waals surface area contributed by atoms with Gasteiger partial charge in [0, 0.05) is 18.4 Å². The Morgan fingerprint density at radius 3 is 2.75 bits per heavy atom. The molecule has 106 valence electrons. The van der Waals surface area contributed by atoms with Crippen molar-refractivity contribution in [3.8, 4) is 0 Å². The van der Waals surface area contributed by atoms with Crippen LogP contribution in [-0.4, -0.2) is 10.5 Å². The topological polar surface area (TPSA) is 60.0 Å². The Bertz CT molecular complexity index is 602. The number of aromatic nitrogens is 1. The number of rotatable bonds is 5. The van der Waals surface area contributed by atoms with E-state index in [1.807, 2.05) is 35.0 Å². The van der Waals surface area contributed by atoms with Gasteiger partial charge >= 0.3 is 0 Å². The second-order valence-corrected chi connectivity index (χ2v) is 4.82. The SMILES string of the molecule is CCCn1cc(N)cc1C(=O)Nc1ccccc1CC. The molecule has 0 aliphatic carbocycles. The predicted octanol–water partition coefficient (Wildman–Crippen LogP) is 3.30. The molecule has 0 spiro atoms. The molecule has 2 rings (SSSR count). The van der Waals surface area contributed by atoms with E-state index in [1.165, 1.54) is 0 Å². The first-order valence-electron chi connectivity index (χ1n) is 7.00. The lowest BCUT2D eigenvalue weighted by molar-refractivity contribution is 0.101. The first-order valence-corrected chi connectivity index (χ1v) is 7.00. The maximum absolute atomic E-state index is 12.4. The maximum Gasteiger partial charge on any atom is 0.272 e. The molecule has 0 radical (unpaired) electrons. The minimum atomic E-state index is -0.115. The molecule has 3 N–H and O–H groups in total. The molecule has 0 atom stereocenters. The Morgan fingerprint density at radius 1 is 1.30 bits per heavy atom. The van der Waals surface area contributed by atoms with Gasteiger partial charge in [0.1, 0.15) is 5.69 Å². The minimum Gasteiger partial charge on any atom is -0.397 e. The van der Waals surface area contributed by atoms with Crippen LogP contribution < -0.4 is 11.1 Å². The van der Waals surface area contributed by atoms with Crippen LogP contribution in [0.15, 0.2) is 36.5 Å². The first-order chi connectivity index (χ1) is 9.65. The second kappa shape index (κ2) is 6.28. The summed E-state index contributed by atoms with van der Waals surface area (Å²) in [5, 5.41) is 2.97. The van der Waals surface area contributed by atoms with Crippen LogP contribution in [-0.2, 0) is 13.0 Å². The molecule has 20 heavy (non-hydrogen) atoms. The van der Waals surface area contributed by atoms with E-state index in [2.05, 4.69) is 19.2 Å². The molecule has 1 aromatic heterocycles. The molecule has 0 bridgehead atoms. The van der Waals surface area contributed by atoms with E-state index < -0.39 is 0 Å². The summed E-state index contributed by atoms with van der Waals surface area (Å²) in [6.45, 7) is 4.93. The number of hydrogen-bond donors (Lipinski definition) is 2. The van der Waals surface area contributed by atoms with E-state index in [9.17, 15) is 4.79 Å². The van der Waals surface area contributed by atoms with Crippen molar-refractivity contribution < 1.29 is 4.79 Å². The van der Waals surface area contributed by atoms with Gasteiger partial charge in [0.25, 0.3) is 5.91 Å². The average Bonchev–Trinajstić information content (AvgIpc) is 2.81. The summed E-state index contributed by atoms with van der Waals surface area (Å²) in [6.07, 6.45) is 3.65. The van der Waals surface area contributed by atoms with Crippen LogP contribution in [0.5, 0.6) is 0 Å². The number of aryl methyl sites for hydroxylation is 2. The van der Waals surface area contributed by atoms with E-state index in [-0.39, 0.29) is 5.91 Å². The van der Waals surface area contributed by atoms with E-state index in [0.29, 0.717) is 11.4 Å². The fourth-order valence-electron chi connectivity index (χ4n) is 2.29. The Kier molecular flexibility index (Phi) is 4.45. The Morgan fingerprint density at radius 2 is 2.05 bits per heavy atom. The second-order valence-electron chi connectivity index (χ2n) is 4.82. The molecule has 0 saturated carbocycles. The molecule has 1 heterocycles. The highest BCUT2D eigenvalue weighted by atomic mass is 16.1. The van der Waals surface area contributed by atoms with E-state index in [0.717, 1.165) is 30.6 Å². The zero-order chi connectivity index (χ0) is 14.5. The van der Waals surface area contributed by atoms with E-state index in [1.54, 1.807) is 6.07 Å². The predicted molar refractivity (Wildman–Crippen MR) is 82.9 cm³/mol. The molecule has 0 unspecified atom stereocenters. The fourth-order valence-corrected chi connectivity index (χ4v) is 2.29. The molecule has 0 aliphatic rings. The van der Waals surface area contributed by atoms with E-state index in [4.69, 9.17) is 5.73 Å². The van der Waals surface area contributed by atoms with Gasteiger partial charge in [0.15, 0.2) is 0 Å². The molecule has 4 nitrogen and oxygen atoms in total. The summed E-state index contributed by atoms with van der Waals surface area (Å²) in [7, 11) is 0. The lowest BCUT2D eigenvalue weighted by atomic mass is 10.1. The van der Waals surface area contributed by atoms with Gasteiger partial charge in [-0.3, -0.25) is 4.79 Å². The highest BCUT2D eigenvalue weighted by Crippen LogP contribution is 2.18. The number of para-hydroxylation sites is 1. The largest absolute Gasteiger partial charge is 0.397 e. The van der Waals surface area contributed by atoms with Gasteiger partial charge in [-0.15, -0.1) is 0 Å². The van der Waals surface area contributed by atoms with Crippen molar-refractivity contribution in [3.63, 3.8) is 0 Å². The zero-order valence-corrected chi connectivity index (χ0v) is 12.0. The molecule has 0 aliphatic heterocycles. The van der Waals surface area contributed by atoms with Crippen LogP contribution in [0.1, 0.15) is 36.3 Å². The van der Waals surface area contributed by atoms with Crippen molar-refractivity contribution in [2.24, 2.45) is 0 Å². The third-order valence-corrected chi connectivity index (χ3v) is 3.26. The van der Waals surface area contributed by atoms with Crippen LogP contribution >= 0.6 is 0 Å². The highest BCUT2D eigenvalue weighted by Gasteiger charge is 2.13. The number of carbonyl (C=O) groups is 1. The molecule has 0 saturated heterocycles. The minimum absolute atomic E-state index is 0.115. The van der Waals surface area contributed by atoms with Crippen molar-refractivity contribution in [1.29, 1.82) is 0 Å². The quantitative estimate of drug-likeness (QED) is 0.876. The third kappa shape index (κ3) is 3.02. The molecule has 4 heteroatoms. The number of amides is 1. The number of nitrogens with two attached hydrogens (primary N) is 1. The van der Waals surface area contributed by atoms with Gasteiger partial charge in [0.2, 0.25) is 0 Å². The Labute approximate surface area is 119 Å². The number of hydrogen-bond acceptors (Lipinski definition) is 2. The standard InChI is InChI=1S/C16H21N3O/c1-3-9-19-11-13(17)10-15(19)16(20)18-14-8-6-5-7-12(14)4-2/h5-8,10-11H,3-4,9,17H2,1-2H3,(H,18,20). The lowest BCUT2D eigenvalue weighted by Crippen LogP contribution is -2.17. The van der Waals surface area contributed by atoms with Crippen LogP contribution in [0.25, 0.3) is 0 Å². The summed E-state index contributed by atoms with van der Waals surface area (Å²) in [5.74, 6) is -0.115.